The number of alkyl halides is 3. The molecule has 0 amide bonds. The van der Waals surface area contributed by atoms with E-state index < -0.39 is 22.7 Å². The van der Waals surface area contributed by atoms with Crippen LogP contribution in [0.1, 0.15) is 23.2 Å². The van der Waals surface area contributed by atoms with Crippen LogP contribution in [0.2, 0.25) is 5.02 Å². The van der Waals surface area contributed by atoms with E-state index >= 15 is 0 Å². The Labute approximate surface area is 240 Å². The van der Waals surface area contributed by atoms with Gasteiger partial charge in [-0.1, -0.05) is 11.6 Å². The van der Waals surface area contributed by atoms with E-state index in [1.807, 2.05) is 6.07 Å². The largest absolute Gasteiger partial charge is 0.628 e. The van der Waals surface area contributed by atoms with Gasteiger partial charge in [0.2, 0.25) is 0 Å². The van der Waals surface area contributed by atoms with Crippen LogP contribution in [0.5, 0.6) is 5.75 Å². The van der Waals surface area contributed by atoms with Crippen LogP contribution in [0.3, 0.4) is 0 Å². The van der Waals surface area contributed by atoms with Gasteiger partial charge in [-0.05, 0) is 43.2 Å². The molecule has 0 saturated carbocycles. The first-order chi connectivity index (χ1) is 19.7. The molecule has 0 spiro atoms. The van der Waals surface area contributed by atoms with Crippen LogP contribution in [-0.2, 0) is 19.1 Å². The lowest BCUT2D eigenvalue weighted by Crippen LogP contribution is -2.96. The second kappa shape index (κ2) is 12.8. The van der Waals surface area contributed by atoms with Crippen molar-refractivity contribution < 1.29 is 23.1 Å². The number of nitrogens with one attached hydrogen (secondary N) is 3. The van der Waals surface area contributed by atoms with E-state index in [0.717, 1.165) is 56.8 Å². The zero-order valence-corrected chi connectivity index (χ0v) is 22.9. The lowest BCUT2D eigenvalue weighted by Gasteiger charge is -2.32. The van der Waals surface area contributed by atoms with Gasteiger partial charge >= 0.3 is 6.18 Å². The van der Waals surface area contributed by atoms with Gasteiger partial charge < -0.3 is 40.8 Å². The molecule has 3 N–H and O–H groups in total. The van der Waals surface area contributed by atoms with Gasteiger partial charge in [0.15, 0.2) is 0 Å². The number of hydrogen-bond donors (Lipinski definition) is 3. The lowest BCUT2D eigenvalue weighted by atomic mass is 10.0. The Bertz CT molecular complexity index is 1360. The van der Waals surface area contributed by atoms with Gasteiger partial charge in [0, 0.05) is 62.3 Å². The third-order valence-corrected chi connectivity index (χ3v) is 7.48. The predicted molar refractivity (Wildman–Crippen MR) is 150 cm³/mol. The summed E-state index contributed by atoms with van der Waals surface area (Å²) in [4.78, 5) is 12.9. The van der Waals surface area contributed by atoms with Crippen LogP contribution in [0, 0.1) is 10.4 Å². The van der Waals surface area contributed by atoms with Gasteiger partial charge in [0.1, 0.15) is 29.1 Å². The molecule has 2 aromatic carbocycles. The molecule has 1 aromatic heterocycles. The number of nitrogens with zero attached hydrogens (tertiary/aromatic N) is 4. The molecule has 2 aliphatic rings. The van der Waals surface area contributed by atoms with E-state index in [9.17, 15) is 23.6 Å². The van der Waals surface area contributed by atoms with Crippen LogP contribution in [0.4, 0.5) is 36.1 Å². The van der Waals surface area contributed by atoms with E-state index in [1.54, 1.807) is 17.0 Å². The Morgan fingerprint density at radius 2 is 1.88 bits per heavy atom. The number of fused-ring (bicyclic) bond motifs is 1. The topological polar surface area (TPSA) is 116 Å². The minimum atomic E-state index is -4.83. The first-order valence-electron chi connectivity index (χ1n) is 13.3. The summed E-state index contributed by atoms with van der Waals surface area (Å²) in [7, 11) is 0. The Balaban J connectivity index is 1.23. The summed E-state index contributed by atoms with van der Waals surface area (Å²) in [5, 5.41) is 27.6. The number of hydrogen-bond acceptors (Lipinski definition) is 9. The minimum Gasteiger partial charge on any atom is -0.628 e. The van der Waals surface area contributed by atoms with Crippen molar-refractivity contribution in [1.82, 2.24) is 20.2 Å². The summed E-state index contributed by atoms with van der Waals surface area (Å²) >= 11 is 6.49. The normalized spacial score (nSPS) is 16.1. The number of halogens is 4. The fourth-order valence-electron chi connectivity index (χ4n) is 5.06. The number of ether oxygens (including phenoxy) is 1. The third-order valence-electron chi connectivity index (χ3n) is 7.18. The zero-order chi connectivity index (χ0) is 29.0. The summed E-state index contributed by atoms with van der Waals surface area (Å²) in [6.45, 7) is 6.27. The Hall–Kier alpha value is -3.20. The number of anilines is 3. The maximum Gasteiger partial charge on any atom is 0.422 e. The molecule has 0 bridgehead atoms. The molecule has 14 heteroatoms. The molecule has 10 nitrogen and oxygen atoms in total. The molecule has 5 rings (SSSR count). The fraction of sp³-hybridized carbons (Fsp3) is 0.407. The van der Waals surface area contributed by atoms with E-state index in [1.165, 1.54) is 12.4 Å². The first kappa shape index (κ1) is 29.3. The van der Waals surface area contributed by atoms with Gasteiger partial charge in [-0.2, -0.15) is 13.2 Å². The van der Waals surface area contributed by atoms with Crippen molar-refractivity contribution in [3.63, 3.8) is 0 Å². The summed E-state index contributed by atoms with van der Waals surface area (Å²) in [6, 6.07) is 8.53. The van der Waals surface area contributed by atoms with Crippen molar-refractivity contribution in [1.29, 1.82) is 0 Å². The monoisotopic (exact) mass is 592 g/mol. The molecule has 41 heavy (non-hydrogen) atoms. The highest BCUT2D eigenvalue weighted by Crippen LogP contribution is 2.37. The molecule has 0 atom stereocenters. The van der Waals surface area contributed by atoms with E-state index in [-0.39, 0.29) is 12.2 Å². The number of piperazine rings is 1. The molecular weight excluding hydrogens is 563 g/mol. The average Bonchev–Trinajstić information content (AvgIpc) is 2.96. The van der Waals surface area contributed by atoms with Crippen molar-refractivity contribution in [2.75, 3.05) is 56.1 Å². The van der Waals surface area contributed by atoms with E-state index in [4.69, 9.17) is 16.3 Å². The van der Waals surface area contributed by atoms with E-state index in [2.05, 4.69) is 25.5 Å². The molecule has 3 heterocycles. The standard InChI is InChI=1S/C27H30ClF3N7O3/c28-22-14-18(2-5-25(22)41-13-1-9-36-11-7-32-8-12-36)35-26-20-6-10-37(16-23(20)33-17-34-26)19-3-4-24(38(39)40)21(15-19)27(29,30)31/h2-5,14-15,17,32,38H,1,6-13,16H2,(H,33,34,35)/q-1. The van der Waals surface area contributed by atoms with Crippen LogP contribution in [0.15, 0.2) is 42.7 Å². The second-order valence-corrected chi connectivity index (χ2v) is 10.3. The Kier molecular flexibility index (Phi) is 9.12. The van der Waals surface area contributed by atoms with Crippen LogP contribution >= 0.6 is 11.6 Å². The second-order valence-electron chi connectivity index (χ2n) is 9.90. The van der Waals surface area contributed by atoms with Gasteiger partial charge in [0.05, 0.1) is 23.9 Å². The van der Waals surface area contributed by atoms with Gasteiger partial charge in [0.25, 0.3) is 0 Å². The Morgan fingerprint density at radius 1 is 1.07 bits per heavy atom. The molecule has 0 radical (unpaired) electrons. The van der Waals surface area contributed by atoms with Crippen molar-refractivity contribution in [2.24, 2.45) is 0 Å². The number of rotatable bonds is 9. The van der Waals surface area contributed by atoms with Gasteiger partial charge in [-0.15, -0.1) is 0 Å². The molecule has 3 aromatic rings. The summed E-state index contributed by atoms with van der Waals surface area (Å²) in [6.07, 6.45) is -2.07. The maximum atomic E-state index is 13.5. The highest BCUT2D eigenvalue weighted by Gasteiger charge is 2.36. The third kappa shape index (κ3) is 7.18. The predicted octanol–water partition coefficient (Wildman–Crippen LogP) is 3.64. The van der Waals surface area contributed by atoms with Crippen LogP contribution in [0.25, 0.3) is 0 Å². The number of quaternary nitrogens is 1. The molecule has 0 aliphatic carbocycles. The quantitative estimate of drug-likeness (QED) is 0.253. The average molecular weight is 593 g/mol. The Morgan fingerprint density at radius 3 is 2.61 bits per heavy atom. The van der Waals surface area contributed by atoms with E-state index in [0.29, 0.717) is 47.5 Å². The van der Waals surface area contributed by atoms with Crippen molar-refractivity contribution in [3.8, 4) is 5.75 Å². The zero-order valence-electron chi connectivity index (χ0n) is 22.1. The first-order valence-corrected chi connectivity index (χ1v) is 13.7. The molecule has 0 unspecified atom stereocenters. The van der Waals surface area contributed by atoms with Crippen LogP contribution < -0.4 is 25.5 Å². The number of benzene rings is 2. The van der Waals surface area contributed by atoms with Gasteiger partial charge in [-0.3, -0.25) is 0 Å². The van der Waals surface area contributed by atoms with Gasteiger partial charge in [-0.25, -0.2) is 9.97 Å². The molecule has 2 aliphatic heterocycles. The minimum absolute atomic E-state index is 0.232. The summed E-state index contributed by atoms with van der Waals surface area (Å²) in [5.41, 5.74) is 0.320. The summed E-state index contributed by atoms with van der Waals surface area (Å²) in [5.74, 6) is 1.18. The molecule has 1 saturated heterocycles. The van der Waals surface area contributed by atoms with Crippen molar-refractivity contribution in [2.45, 2.75) is 25.6 Å². The lowest BCUT2D eigenvalue weighted by molar-refractivity contribution is -0.716. The highest BCUT2D eigenvalue weighted by molar-refractivity contribution is 6.32. The smallest absolute Gasteiger partial charge is 0.422 e. The maximum absolute atomic E-state index is 13.5. The highest BCUT2D eigenvalue weighted by atomic mass is 35.5. The van der Waals surface area contributed by atoms with Crippen LogP contribution in [-0.4, -0.2) is 60.7 Å². The molecule has 220 valence electrons. The van der Waals surface area contributed by atoms with Crippen molar-refractivity contribution >= 4 is 34.5 Å². The number of aromatic nitrogens is 2. The fourth-order valence-corrected chi connectivity index (χ4v) is 5.30. The molecule has 1 fully saturated rings. The molecular formula is C27H30ClF3N7O3-. The van der Waals surface area contributed by atoms with Crippen molar-refractivity contribution in [3.05, 3.63) is 75.0 Å². The summed E-state index contributed by atoms with van der Waals surface area (Å²) < 4.78 is 46.4. The SMILES string of the molecule is [O-][NH+]([O-])c1ccc(N2CCc3c(ncnc3Nc3ccc(OCCCN4CCNCC4)c(Cl)c3)C2)cc1C(F)(F)F.